The van der Waals surface area contributed by atoms with Crippen molar-refractivity contribution in [2.75, 3.05) is 12.4 Å². The van der Waals surface area contributed by atoms with Gasteiger partial charge in [0.1, 0.15) is 17.0 Å². The van der Waals surface area contributed by atoms with E-state index in [0.717, 1.165) is 16.3 Å². The fraction of sp³-hybridized carbons (Fsp3) is 0.227. The molecule has 0 spiro atoms. The van der Waals surface area contributed by atoms with Crippen LogP contribution in [0.25, 0.3) is 10.8 Å². The van der Waals surface area contributed by atoms with Crippen LogP contribution >= 0.6 is 24.0 Å². The zero-order valence-corrected chi connectivity index (χ0v) is 18.2. The molecule has 30 heavy (non-hydrogen) atoms. The molecule has 0 bridgehead atoms. The number of hydrogen-bond acceptors (Lipinski definition) is 6. The normalized spacial score (nSPS) is 10.4. The Morgan fingerprint density at radius 2 is 1.93 bits per heavy atom. The molecule has 154 valence electrons. The zero-order valence-electron chi connectivity index (χ0n) is 16.7. The number of methoxy groups -OCH3 is 1. The summed E-state index contributed by atoms with van der Waals surface area (Å²) in [7, 11) is 1.57. The lowest BCUT2D eigenvalue weighted by atomic mass is 10.1. The van der Waals surface area contributed by atoms with Gasteiger partial charge in [0, 0.05) is 17.3 Å². The quantitative estimate of drug-likeness (QED) is 0.584. The number of benzene rings is 2. The van der Waals surface area contributed by atoms with Crippen LogP contribution in [0.3, 0.4) is 0 Å². The summed E-state index contributed by atoms with van der Waals surface area (Å²) >= 11 is 6.19. The maximum absolute atomic E-state index is 9.86. The summed E-state index contributed by atoms with van der Waals surface area (Å²) in [5.74, 6) is 6.75. The van der Waals surface area contributed by atoms with Gasteiger partial charge in [0.2, 0.25) is 0 Å². The van der Waals surface area contributed by atoms with Crippen LogP contribution in [0.15, 0.2) is 36.4 Å². The predicted molar refractivity (Wildman–Crippen MR) is 120 cm³/mol. The molecule has 0 atom stereocenters. The van der Waals surface area contributed by atoms with Crippen LogP contribution in [0.4, 0.5) is 5.82 Å². The lowest BCUT2D eigenvalue weighted by molar-refractivity contribution is 0.143. The van der Waals surface area contributed by atoms with Crippen molar-refractivity contribution in [2.24, 2.45) is 0 Å². The molecule has 2 aromatic carbocycles. The van der Waals surface area contributed by atoms with E-state index in [1.54, 1.807) is 45.2 Å². The van der Waals surface area contributed by atoms with E-state index in [0.29, 0.717) is 34.4 Å². The van der Waals surface area contributed by atoms with Gasteiger partial charge >= 0.3 is 0 Å². The van der Waals surface area contributed by atoms with Crippen molar-refractivity contribution >= 4 is 40.6 Å². The van der Waals surface area contributed by atoms with Crippen molar-refractivity contribution in [3.8, 4) is 23.7 Å². The average Bonchev–Trinajstić information content (AvgIpc) is 2.70. The van der Waals surface area contributed by atoms with Crippen molar-refractivity contribution < 1.29 is 9.84 Å². The van der Waals surface area contributed by atoms with E-state index in [-0.39, 0.29) is 12.4 Å². The van der Waals surface area contributed by atoms with Crippen molar-refractivity contribution in [3.05, 3.63) is 58.2 Å². The fourth-order valence-corrected chi connectivity index (χ4v) is 2.94. The first kappa shape index (κ1) is 23.3. The Balaban J connectivity index is 0.00000320. The molecule has 1 heterocycles. The number of anilines is 1. The van der Waals surface area contributed by atoms with Gasteiger partial charge in [-0.25, -0.2) is 0 Å². The Kier molecular flexibility index (Phi) is 7.48. The molecule has 0 saturated carbocycles. The zero-order chi connectivity index (χ0) is 21.0. The number of hydrogen-bond donors (Lipinski definition) is 2. The summed E-state index contributed by atoms with van der Waals surface area (Å²) in [4.78, 5) is 0. The lowest BCUT2D eigenvalue weighted by Gasteiger charge is -2.11. The van der Waals surface area contributed by atoms with E-state index in [4.69, 9.17) is 16.3 Å². The second kappa shape index (κ2) is 9.65. The van der Waals surface area contributed by atoms with Crippen LogP contribution in [0.1, 0.15) is 30.7 Å². The van der Waals surface area contributed by atoms with Crippen LogP contribution in [-0.2, 0) is 6.54 Å². The Hall–Kier alpha value is -3.03. The average molecular weight is 443 g/mol. The smallest absolute Gasteiger partial charge is 0.156 e. The number of rotatable bonds is 4. The summed E-state index contributed by atoms with van der Waals surface area (Å²) in [5.41, 5.74) is 0.728. The minimum atomic E-state index is -1.15. The Bertz CT molecular complexity index is 1170. The number of nitrogens with one attached hydrogen (secondary N) is 1. The fourth-order valence-electron chi connectivity index (χ4n) is 2.66. The maximum Gasteiger partial charge on any atom is 0.156 e. The summed E-state index contributed by atoms with van der Waals surface area (Å²) in [5, 5.41) is 32.8. The minimum Gasteiger partial charge on any atom is -0.495 e. The van der Waals surface area contributed by atoms with Gasteiger partial charge in [-0.05, 0) is 49.6 Å². The number of ether oxygens (including phenoxy) is 1. The largest absolute Gasteiger partial charge is 0.495 e. The molecule has 0 aliphatic heterocycles. The van der Waals surface area contributed by atoms with Crippen molar-refractivity contribution in [2.45, 2.75) is 26.0 Å². The molecule has 3 rings (SSSR count). The third-order valence-electron chi connectivity index (χ3n) is 4.07. The van der Waals surface area contributed by atoms with Gasteiger partial charge in [-0.3, -0.25) is 0 Å². The summed E-state index contributed by atoms with van der Waals surface area (Å²) < 4.78 is 5.17. The van der Waals surface area contributed by atoms with Gasteiger partial charge in [0.15, 0.2) is 5.82 Å². The second-order valence-corrected chi connectivity index (χ2v) is 7.31. The number of aromatic nitrogens is 2. The highest BCUT2D eigenvalue weighted by Gasteiger charge is 2.11. The van der Waals surface area contributed by atoms with E-state index < -0.39 is 5.60 Å². The molecular formula is C22H20Cl2N4O2. The van der Waals surface area contributed by atoms with Gasteiger partial charge in [-0.2, -0.15) is 5.26 Å². The highest BCUT2D eigenvalue weighted by Crippen LogP contribution is 2.27. The maximum atomic E-state index is 9.86. The van der Waals surface area contributed by atoms with Gasteiger partial charge in [0.05, 0.1) is 23.8 Å². The van der Waals surface area contributed by atoms with Crippen molar-refractivity contribution in [3.63, 3.8) is 0 Å². The molecule has 0 amide bonds. The highest BCUT2D eigenvalue weighted by atomic mass is 35.5. The summed E-state index contributed by atoms with van der Waals surface area (Å²) in [6.45, 7) is 3.65. The van der Waals surface area contributed by atoms with Gasteiger partial charge < -0.3 is 15.2 Å². The Labute approximate surface area is 186 Å². The van der Waals surface area contributed by atoms with Crippen molar-refractivity contribution in [1.29, 1.82) is 5.26 Å². The van der Waals surface area contributed by atoms with Gasteiger partial charge in [-0.1, -0.05) is 29.7 Å². The van der Waals surface area contributed by atoms with E-state index >= 15 is 0 Å². The number of fused-ring (bicyclic) bond motifs is 1. The Morgan fingerprint density at radius 3 is 2.57 bits per heavy atom. The topological polar surface area (TPSA) is 91.1 Å². The molecule has 3 aromatic rings. The SMILES string of the molecule is COc1ccc(CNc2nnc(C#CC(C)(C)O)c3ccc(C#N)cc23)cc1Cl.Cl. The second-order valence-electron chi connectivity index (χ2n) is 6.90. The van der Waals surface area contributed by atoms with Gasteiger partial charge in [0.25, 0.3) is 0 Å². The summed E-state index contributed by atoms with van der Waals surface area (Å²) in [6, 6.07) is 12.9. The molecule has 0 aliphatic rings. The highest BCUT2D eigenvalue weighted by molar-refractivity contribution is 6.32. The number of nitriles is 1. The van der Waals surface area contributed by atoms with Crippen LogP contribution in [0, 0.1) is 23.2 Å². The molecule has 0 radical (unpaired) electrons. The van der Waals surface area contributed by atoms with E-state index in [2.05, 4.69) is 33.4 Å². The number of nitrogens with zero attached hydrogens (tertiary/aromatic N) is 3. The van der Waals surface area contributed by atoms with Crippen LogP contribution in [0.2, 0.25) is 5.02 Å². The standard InChI is InChI=1S/C22H19ClN4O2.ClH/c1-22(2,28)9-8-19-16-6-4-14(12-24)10-17(16)21(27-26-19)25-13-15-5-7-20(29-3)18(23)11-15;/h4-7,10-11,28H,13H2,1-3H3,(H,25,27);1H. The molecule has 0 fully saturated rings. The van der Waals surface area contributed by atoms with Crippen LogP contribution < -0.4 is 10.1 Å². The predicted octanol–water partition coefficient (Wildman–Crippen LogP) is 4.32. The van der Waals surface area contributed by atoms with E-state index in [1.165, 1.54) is 0 Å². The monoisotopic (exact) mass is 442 g/mol. The molecule has 2 N–H and O–H groups in total. The minimum absolute atomic E-state index is 0. The first-order valence-corrected chi connectivity index (χ1v) is 9.21. The molecule has 1 aromatic heterocycles. The Morgan fingerprint density at radius 1 is 1.17 bits per heavy atom. The lowest BCUT2D eigenvalue weighted by Crippen LogP contribution is -2.14. The molecule has 0 aliphatic carbocycles. The van der Waals surface area contributed by atoms with Crippen molar-refractivity contribution in [1.82, 2.24) is 10.2 Å². The molecule has 0 unspecified atom stereocenters. The molecule has 6 nitrogen and oxygen atoms in total. The summed E-state index contributed by atoms with van der Waals surface area (Å²) in [6.07, 6.45) is 0. The molecule has 8 heteroatoms. The van der Waals surface area contributed by atoms with Crippen LogP contribution in [0.5, 0.6) is 5.75 Å². The van der Waals surface area contributed by atoms with Crippen LogP contribution in [-0.4, -0.2) is 28.0 Å². The first-order chi connectivity index (χ1) is 13.8. The molecular weight excluding hydrogens is 423 g/mol. The van der Waals surface area contributed by atoms with E-state index in [1.807, 2.05) is 12.1 Å². The first-order valence-electron chi connectivity index (χ1n) is 8.83. The van der Waals surface area contributed by atoms with Gasteiger partial charge in [-0.15, -0.1) is 22.6 Å². The third-order valence-corrected chi connectivity index (χ3v) is 4.37. The molecule has 0 saturated heterocycles. The third kappa shape index (κ3) is 5.52. The number of aliphatic hydroxyl groups is 1. The van der Waals surface area contributed by atoms with E-state index in [9.17, 15) is 10.4 Å². The number of halogens is 2.